The average Bonchev–Trinajstić information content (AvgIpc) is 2.40. The maximum Gasteiger partial charge on any atom is 0.243 e. The van der Waals surface area contributed by atoms with E-state index in [0.29, 0.717) is 16.1 Å². The van der Waals surface area contributed by atoms with Crippen LogP contribution in [0.5, 0.6) is 0 Å². The lowest BCUT2D eigenvalue weighted by atomic mass is 10.1. The minimum Gasteiger partial charge on any atom is -0.296 e. The fourth-order valence-corrected chi connectivity index (χ4v) is 3.29. The zero-order valence-corrected chi connectivity index (χ0v) is 11.4. The second-order valence-corrected chi connectivity index (χ2v) is 6.00. The van der Waals surface area contributed by atoms with E-state index < -0.39 is 16.0 Å². The third-order valence-electron chi connectivity index (χ3n) is 3.04. The van der Waals surface area contributed by atoms with Gasteiger partial charge in [0.1, 0.15) is 11.8 Å². The molecule has 1 heterocycles. The molecule has 0 aliphatic carbocycles. The number of carbonyl (C=O) groups excluding carboxylic acids is 2. The van der Waals surface area contributed by atoms with Gasteiger partial charge in [0.15, 0.2) is 5.78 Å². The van der Waals surface area contributed by atoms with E-state index in [4.69, 9.17) is 5.26 Å². The Morgan fingerprint density at radius 3 is 2.79 bits per heavy atom. The molecule has 1 aliphatic heterocycles. The van der Waals surface area contributed by atoms with Gasteiger partial charge in [-0.15, -0.1) is 0 Å². The number of rotatable bonds is 2. The van der Waals surface area contributed by atoms with Crippen LogP contribution < -0.4 is 4.90 Å². The van der Waals surface area contributed by atoms with E-state index in [-0.39, 0.29) is 18.2 Å². The summed E-state index contributed by atoms with van der Waals surface area (Å²) in [5, 5.41) is 8.08. The molecule has 0 aromatic heterocycles. The van der Waals surface area contributed by atoms with Gasteiger partial charge in [-0.3, -0.25) is 18.7 Å². The molecule has 0 saturated heterocycles. The third-order valence-corrected chi connectivity index (χ3v) is 4.64. The van der Waals surface area contributed by atoms with Gasteiger partial charge in [-0.2, -0.15) is 5.26 Å². The van der Waals surface area contributed by atoms with E-state index in [1.165, 1.54) is 11.8 Å². The minimum atomic E-state index is -1.49. The molecule has 5 nitrogen and oxygen atoms in total. The lowest BCUT2D eigenvalue weighted by Gasteiger charge is -2.30. The largest absolute Gasteiger partial charge is 0.296 e. The van der Waals surface area contributed by atoms with Crippen LogP contribution in [0.2, 0.25) is 0 Å². The Labute approximate surface area is 113 Å². The van der Waals surface area contributed by atoms with Crippen LogP contribution >= 0.6 is 0 Å². The monoisotopic (exact) mass is 276 g/mol. The molecule has 0 N–H and O–H groups in total. The summed E-state index contributed by atoms with van der Waals surface area (Å²) in [6.07, 6.45) is 0. The van der Waals surface area contributed by atoms with Gasteiger partial charge in [0.25, 0.3) is 0 Å². The molecule has 0 fully saturated rings. The predicted molar refractivity (Wildman–Crippen MR) is 70.3 cm³/mol. The Hall–Kier alpha value is -2.00. The molecule has 1 aromatic rings. The Morgan fingerprint density at radius 1 is 1.53 bits per heavy atom. The number of Topliss-reactive ketones (excluding diaryl/α,β-unsaturated/α-hetero) is 1. The van der Waals surface area contributed by atoms with Crippen LogP contribution in [0, 0.1) is 11.3 Å². The van der Waals surface area contributed by atoms with Crippen LogP contribution in [-0.2, 0) is 15.6 Å². The molecule has 0 radical (unpaired) electrons. The minimum absolute atomic E-state index is 0.0905. The van der Waals surface area contributed by atoms with Crippen LogP contribution in [0.1, 0.15) is 24.2 Å². The fourth-order valence-electron chi connectivity index (χ4n) is 1.97. The maximum absolute atomic E-state index is 12.2. The molecule has 0 bridgehead atoms. The van der Waals surface area contributed by atoms with Gasteiger partial charge >= 0.3 is 0 Å². The summed E-state index contributed by atoms with van der Waals surface area (Å²) in [5.74, 6) is -0.459. The van der Waals surface area contributed by atoms with E-state index in [2.05, 4.69) is 0 Å². The van der Waals surface area contributed by atoms with Gasteiger partial charge < -0.3 is 0 Å². The van der Waals surface area contributed by atoms with Crippen LogP contribution in [0.3, 0.4) is 0 Å². The summed E-state index contributed by atoms with van der Waals surface area (Å²) in [7, 11) is -1.49. The number of anilines is 1. The van der Waals surface area contributed by atoms with Crippen molar-refractivity contribution >= 4 is 28.2 Å². The number of nitrogens with zero attached hydrogens (tertiary/aromatic N) is 2. The number of carbonyl (C=O) groups is 2. The van der Waals surface area contributed by atoms with Gasteiger partial charge in [0, 0.05) is 5.56 Å². The molecule has 1 aromatic carbocycles. The van der Waals surface area contributed by atoms with E-state index >= 15 is 0 Å². The quantitative estimate of drug-likeness (QED) is 0.601. The molecular weight excluding hydrogens is 264 g/mol. The first-order valence-electron chi connectivity index (χ1n) is 5.71. The van der Waals surface area contributed by atoms with E-state index in [1.807, 2.05) is 6.07 Å². The number of benzene rings is 1. The van der Waals surface area contributed by atoms with E-state index in [1.54, 1.807) is 25.1 Å². The normalized spacial score (nSPS) is 21.7. The fraction of sp³-hybridized carbons (Fsp3) is 0.308. The first kappa shape index (κ1) is 13.4. The van der Waals surface area contributed by atoms with Gasteiger partial charge in [-0.1, -0.05) is 0 Å². The maximum atomic E-state index is 12.2. The summed E-state index contributed by atoms with van der Waals surface area (Å²) in [6, 6.07) is 6.61. The van der Waals surface area contributed by atoms with Gasteiger partial charge in [-0.25, -0.2) is 0 Å². The summed E-state index contributed by atoms with van der Waals surface area (Å²) in [4.78, 5) is 25.1. The Kier molecular flexibility index (Phi) is 3.49. The summed E-state index contributed by atoms with van der Waals surface area (Å²) >= 11 is 0. The first-order valence-corrected chi connectivity index (χ1v) is 6.92. The number of nitriles is 1. The lowest BCUT2D eigenvalue weighted by Crippen LogP contribution is -2.44. The molecule has 2 rings (SSSR count). The number of hydrogen-bond acceptors (Lipinski definition) is 4. The van der Waals surface area contributed by atoms with Crippen LogP contribution in [-0.4, -0.2) is 27.7 Å². The van der Waals surface area contributed by atoms with Crippen LogP contribution in [0.15, 0.2) is 23.1 Å². The number of amides is 1. The molecule has 0 spiro atoms. The van der Waals surface area contributed by atoms with Gasteiger partial charge in [0.2, 0.25) is 5.91 Å². The SMILES string of the molecule is CC(=O)c1ccc2c(c1)S(=O)C(C)C(=O)N2CC#N. The molecule has 6 heteroatoms. The first-order chi connectivity index (χ1) is 8.97. The van der Waals surface area contributed by atoms with Crippen molar-refractivity contribution in [2.24, 2.45) is 0 Å². The average molecular weight is 276 g/mol. The molecular formula is C13H12N2O3S. The molecule has 1 amide bonds. The summed E-state index contributed by atoms with van der Waals surface area (Å²) in [5.41, 5.74) is 0.901. The van der Waals surface area contributed by atoms with Crippen molar-refractivity contribution in [3.63, 3.8) is 0 Å². The third kappa shape index (κ3) is 2.17. The standard InChI is InChI=1S/C13H12N2O3S/c1-8(16)10-3-4-11-12(7-10)19(18)9(2)13(17)15(11)6-5-14/h3-4,7,9H,6H2,1-2H3. The van der Waals surface area contributed by atoms with Gasteiger partial charge in [0.05, 0.1) is 27.5 Å². The molecule has 1 aliphatic rings. The van der Waals surface area contributed by atoms with Crippen molar-refractivity contribution in [2.75, 3.05) is 11.4 Å². The van der Waals surface area contributed by atoms with Gasteiger partial charge in [-0.05, 0) is 32.0 Å². The highest BCUT2D eigenvalue weighted by atomic mass is 32.2. The van der Waals surface area contributed by atoms with Crippen molar-refractivity contribution in [1.29, 1.82) is 5.26 Å². The van der Waals surface area contributed by atoms with Crippen LogP contribution in [0.25, 0.3) is 0 Å². The topological polar surface area (TPSA) is 78.2 Å². The van der Waals surface area contributed by atoms with E-state index in [0.717, 1.165) is 0 Å². The van der Waals surface area contributed by atoms with E-state index in [9.17, 15) is 13.8 Å². The molecule has 2 atom stereocenters. The highest BCUT2D eigenvalue weighted by Gasteiger charge is 2.35. The second-order valence-electron chi connectivity index (χ2n) is 4.26. The van der Waals surface area contributed by atoms with Crippen molar-refractivity contribution in [3.8, 4) is 6.07 Å². The summed E-state index contributed by atoms with van der Waals surface area (Å²) < 4.78 is 12.2. The Bertz CT molecular complexity index is 633. The van der Waals surface area contributed by atoms with Crippen molar-refractivity contribution in [3.05, 3.63) is 23.8 Å². The molecule has 98 valence electrons. The highest BCUT2D eigenvalue weighted by molar-refractivity contribution is 7.86. The zero-order chi connectivity index (χ0) is 14.2. The molecule has 0 saturated carbocycles. The lowest BCUT2D eigenvalue weighted by molar-refractivity contribution is -0.117. The number of ketones is 1. The number of hydrogen-bond donors (Lipinski definition) is 0. The smallest absolute Gasteiger partial charge is 0.243 e. The van der Waals surface area contributed by atoms with Crippen molar-refractivity contribution in [1.82, 2.24) is 0 Å². The zero-order valence-electron chi connectivity index (χ0n) is 10.5. The predicted octanol–water partition coefficient (Wildman–Crippen LogP) is 1.26. The molecule has 19 heavy (non-hydrogen) atoms. The second kappa shape index (κ2) is 4.94. The Morgan fingerprint density at radius 2 is 2.21 bits per heavy atom. The molecule has 2 unspecified atom stereocenters. The van der Waals surface area contributed by atoms with Crippen molar-refractivity contribution < 1.29 is 13.8 Å². The number of fused-ring (bicyclic) bond motifs is 1. The summed E-state index contributed by atoms with van der Waals surface area (Å²) in [6.45, 7) is 2.90. The Balaban J connectivity index is 2.61. The van der Waals surface area contributed by atoms with Crippen molar-refractivity contribution in [2.45, 2.75) is 24.0 Å². The highest BCUT2D eigenvalue weighted by Crippen LogP contribution is 2.32. The van der Waals surface area contributed by atoms with Crippen LogP contribution in [0.4, 0.5) is 5.69 Å².